The maximum Gasteiger partial charge on any atom is 0.407 e. The second-order valence-corrected chi connectivity index (χ2v) is 9.16. The monoisotopic (exact) mass is 496 g/mol. The van der Waals surface area contributed by atoms with Crippen LogP contribution in [0, 0.1) is 5.92 Å². The Morgan fingerprint density at radius 3 is 2.70 bits per heavy atom. The second-order valence-electron chi connectivity index (χ2n) is 8.24. The standard InChI is InChI=1S/C20H25BrF4N2O3/c1-10(2)6-14(19(29)27-8-13(22)17-16(27)15(28)9-30-17)26-18(20(23,24)25)11-4-3-5-12(21)7-11/h3-5,7,10,13-18,26,28H,6,8-9H2,1-2H3/t13-,14?,15-,16+,17+,18-/m0/s1. The molecule has 30 heavy (non-hydrogen) atoms. The van der Waals surface area contributed by atoms with Crippen molar-refractivity contribution in [3.05, 3.63) is 34.3 Å². The Morgan fingerprint density at radius 2 is 2.10 bits per heavy atom. The van der Waals surface area contributed by atoms with Crippen LogP contribution in [0.2, 0.25) is 0 Å². The Labute approximate surface area is 180 Å². The molecule has 2 fully saturated rings. The average molecular weight is 497 g/mol. The number of ether oxygens (including phenoxy) is 1. The van der Waals surface area contributed by atoms with E-state index in [4.69, 9.17) is 4.74 Å². The molecule has 5 nitrogen and oxygen atoms in total. The van der Waals surface area contributed by atoms with Crippen LogP contribution in [0.5, 0.6) is 0 Å². The Kier molecular flexibility index (Phi) is 7.11. The van der Waals surface area contributed by atoms with Gasteiger partial charge in [-0.2, -0.15) is 13.2 Å². The van der Waals surface area contributed by atoms with Gasteiger partial charge in [-0.05, 0) is 30.0 Å². The molecule has 0 aliphatic carbocycles. The van der Waals surface area contributed by atoms with Crippen molar-refractivity contribution in [2.24, 2.45) is 5.92 Å². The molecule has 0 spiro atoms. The van der Waals surface area contributed by atoms with Crippen LogP contribution in [0.3, 0.4) is 0 Å². The van der Waals surface area contributed by atoms with Crippen LogP contribution in [-0.4, -0.2) is 65.7 Å². The van der Waals surface area contributed by atoms with Crippen LogP contribution in [0.25, 0.3) is 0 Å². The smallest absolute Gasteiger partial charge is 0.388 e. The Hall–Kier alpha value is -1.23. The lowest BCUT2D eigenvalue weighted by Gasteiger charge is -2.33. The first kappa shape index (κ1) is 23.4. The van der Waals surface area contributed by atoms with Gasteiger partial charge in [0.25, 0.3) is 0 Å². The lowest BCUT2D eigenvalue weighted by atomic mass is 9.98. The van der Waals surface area contributed by atoms with Crippen LogP contribution >= 0.6 is 15.9 Å². The van der Waals surface area contributed by atoms with Gasteiger partial charge < -0.3 is 14.7 Å². The SMILES string of the molecule is CC(C)CC(N[C@@H](c1cccc(Br)c1)C(F)(F)F)C(=O)N1C[C@H](F)[C@H]2OC[C@H](O)[C@H]21. The van der Waals surface area contributed by atoms with Gasteiger partial charge in [0.2, 0.25) is 5.91 Å². The van der Waals surface area contributed by atoms with Gasteiger partial charge >= 0.3 is 6.18 Å². The molecule has 2 saturated heterocycles. The zero-order valence-corrected chi connectivity index (χ0v) is 18.2. The topological polar surface area (TPSA) is 61.8 Å². The third-order valence-corrected chi connectivity index (χ3v) is 5.94. The number of fused-ring (bicyclic) bond motifs is 1. The highest BCUT2D eigenvalue weighted by Gasteiger charge is 2.54. The van der Waals surface area contributed by atoms with Gasteiger partial charge in [0, 0.05) is 4.47 Å². The summed E-state index contributed by atoms with van der Waals surface area (Å²) in [5, 5.41) is 12.6. The predicted molar refractivity (Wildman–Crippen MR) is 105 cm³/mol. The van der Waals surface area contributed by atoms with Crippen molar-refractivity contribution in [1.82, 2.24) is 10.2 Å². The second kappa shape index (κ2) is 9.10. The summed E-state index contributed by atoms with van der Waals surface area (Å²) in [6.07, 6.45) is -8.03. The molecule has 2 aliphatic heterocycles. The third-order valence-electron chi connectivity index (χ3n) is 5.44. The molecule has 0 aromatic heterocycles. The number of alkyl halides is 4. The van der Waals surface area contributed by atoms with Crippen molar-refractivity contribution < 1.29 is 32.2 Å². The number of nitrogens with zero attached hydrogens (tertiary/aromatic N) is 1. The van der Waals surface area contributed by atoms with E-state index in [0.717, 1.165) is 4.90 Å². The molecule has 2 aliphatic rings. The third kappa shape index (κ3) is 4.98. The Balaban J connectivity index is 1.88. The number of halogens is 5. The van der Waals surface area contributed by atoms with Crippen molar-refractivity contribution >= 4 is 21.8 Å². The van der Waals surface area contributed by atoms with Gasteiger partial charge in [0.15, 0.2) is 0 Å². The summed E-state index contributed by atoms with van der Waals surface area (Å²) in [7, 11) is 0. The molecule has 1 aromatic rings. The van der Waals surface area contributed by atoms with Crippen molar-refractivity contribution in [2.75, 3.05) is 13.2 Å². The molecular formula is C20H25BrF4N2O3. The van der Waals surface area contributed by atoms with Crippen molar-refractivity contribution in [2.45, 2.75) is 62.9 Å². The van der Waals surface area contributed by atoms with Gasteiger partial charge in [-0.15, -0.1) is 0 Å². The summed E-state index contributed by atoms with van der Waals surface area (Å²) in [5.41, 5.74) is -0.0367. The van der Waals surface area contributed by atoms with Gasteiger partial charge in [0.05, 0.1) is 25.2 Å². The maximum atomic E-state index is 14.3. The molecule has 10 heteroatoms. The van der Waals surface area contributed by atoms with Crippen molar-refractivity contribution in [3.63, 3.8) is 0 Å². The fraction of sp³-hybridized carbons (Fsp3) is 0.650. The Bertz CT molecular complexity index is 764. The average Bonchev–Trinajstić information content (AvgIpc) is 3.18. The first-order valence-electron chi connectivity index (χ1n) is 9.81. The molecule has 6 atom stereocenters. The minimum atomic E-state index is -4.65. The normalized spacial score (nSPS) is 28.6. The molecule has 0 saturated carbocycles. The van der Waals surface area contributed by atoms with E-state index in [1.54, 1.807) is 19.9 Å². The van der Waals surface area contributed by atoms with Crippen LogP contribution in [0.4, 0.5) is 17.6 Å². The minimum absolute atomic E-state index is 0.0367. The molecule has 2 heterocycles. The van der Waals surface area contributed by atoms with E-state index in [1.807, 2.05) is 0 Å². The Morgan fingerprint density at radius 1 is 1.40 bits per heavy atom. The summed E-state index contributed by atoms with van der Waals surface area (Å²) in [5.74, 6) is -0.750. The number of benzene rings is 1. The molecule has 0 bridgehead atoms. The number of carbonyl (C=O) groups excluding carboxylic acids is 1. The highest BCUT2D eigenvalue weighted by atomic mass is 79.9. The molecule has 3 rings (SSSR count). The minimum Gasteiger partial charge on any atom is -0.388 e. The number of hydrogen-bond acceptors (Lipinski definition) is 4. The molecule has 1 unspecified atom stereocenters. The van der Waals surface area contributed by atoms with E-state index < -0.39 is 48.6 Å². The highest BCUT2D eigenvalue weighted by molar-refractivity contribution is 9.10. The van der Waals surface area contributed by atoms with Gasteiger partial charge in [0.1, 0.15) is 24.4 Å². The number of carbonyl (C=O) groups is 1. The zero-order valence-electron chi connectivity index (χ0n) is 16.6. The summed E-state index contributed by atoms with van der Waals surface area (Å²) >= 11 is 3.18. The number of amides is 1. The quantitative estimate of drug-likeness (QED) is 0.592. The molecule has 2 N–H and O–H groups in total. The lowest BCUT2D eigenvalue weighted by molar-refractivity contribution is -0.163. The van der Waals surface area contributed by atoms with E-state index in [2.05, 4.69) is 21.2 Å². The fourth-order valence-corrected chi connectivity index (χ4v) is 4.58. The lowest BCUT2D eigenvalue weighted by Crippen LogP contribution is -2.54. The number of aliphatic hydroxyl groups is 1. The van der Waals surface area contributed by atoms with Crippen LogP contribution in [0.1, 0.15) is 31.9 Å². The number of nitrogens with one attached hydrogen (secondary N) is 1. The summed E-state index contributed by atoms with van der Waals surface area (Å²) in [4.78, 5) is 14.4. The van der Waals surface area contributed by atoms with E-state index in [0.29, 0.717) is 4.47 Å². The molecule has 1 amide bonds. The predicted octanol–water partition coefficient (Wildman–Crippen LogP) is 3.37. The molecule has 168 valence electrons. The first-order chi connectivity index (χ1) is 14.0. The number of likely N-dealkylation sites (tertiary alicyclic amines) is 1. The van der Waals surface area contributed by atoms with Crippen LogP contribution in [-0.2, 0) is 9.53 Å². The largest absolute Gasteiger partial charge is 0.407 e. The molecule has 1 aromatic carbocycles. The van der Waals surface area contributed by atoms with Crippen molar-refractivity contribution in [3.8, 4) is 0 Å². The van der Waals surface area contributed by atoms with Gasteiger partial charge in [-0.3, -0.25) is 10.1 Å². The van der Waals surface area contributed by atoms with E-state index in [1.165, 1.54) is 18.2 Å². The summed E-state index contributed by atoms with van der Waals surface area (Å²) in [6.45, 7) is 3.17. The summed E-state index contributed by atoms with van der Waals surface area (Å²) in [6, 6.07) is 1.62. The number of aliphatic hydroxyl groups excluding tert-OH is 1. The van der Waals surface area contributed by atoms with Gasteiger partial charge in [-0.25, -0.2) is 4.39 Å². The summed E-state index contributed by atoms with van der Waals surface area (Å²) < 4.78 is 61.7. The molecule has 0 radical (unpaired) electrons. The van der Waals surface area contributed by atoms with Crippen LogP contribution < -0.4 is 5.32 Å². The van der Waals surface area contributed by atoms with Crippen molar-refractivity contribution in [1.29, 1.82) is 0 Å². The number of rotatable bonds is 6. The van der Waals surface area contributed by atoms with E-state index in [9.17, 15) is 27.5 Å². The number of hydrogen-bond donors (Lipinski definition) is 2. The van der Waals surface area contributed by atoms with Gasteiger partial charge in [-0.1, -0.05) is 41.9 Å². The highest BCUT2D eigenvalue weighted by Crippen LogP contribution is 2.36. The molecular weight excluding hydrogens is 472 g/mol. The van der Waals surface area contributed by atoms with E-state index >= 15 is 0 Å². The van der Waals surface area contributed by atoms with Crippen LogP contribution in [0.15, 0.2) is 28.7 Å². The zero-order chi connectivity index (χ0) is 22.2. The van der Waals surface area contributed by atoms with E-state index in [-0.39, 0.29) is 31.1 Å². The first-order valence-corrected chi connectivity index (χ1v) is 10.6. The maximum absolute atomic E-state index is 14.3. The fourth-order valence-electron chi connectivity index (χ4n) is 4.16.